The van der Waals surface area contributed by atoms with E-state index in [0.29, 0.717) is 30.1 Å². The average Bonchev–Trinajstić information content (AvgIpc) is 3.33. The molecule has 0 aliphatic heterocycles. The van der Waals surface area contributed by atoms with Gasteiger partial charge in [-0.25, -0.2) is 0 Å². The van der Waals surface area contributed by atoms with Crippen molar-refractivity contribution in [2.24, 2.45) is 0 Å². The number of amides is 1. The minimum atomic E-state index is -0.806. The van der Waals surface area contributed by atoms with Crippen molar-refractivity contribution in [2.45, 2.75) is 44.2 Å². The van der Waals surface area contributed by atoms with Gasteiger partial charge in [-0.1, -0.05) is 23.4 Å². The van der Waals surface area contributed by atoms with E-state index in [1.807, 2.05) is 0 Å². The molecule has 3 aromatic rings. The van der Waals surface area contributed by atoms with E-state index in [-0.39, 0.29) is 35.9 Å². The number of hydrogen-bond donors (Lipinski definition) is 2. The van der Waals surface area contributed by atoms with Crippen molar-refractivity contribution in [3.05, 3.63) is 53.4 Å². The maximum Gasteiger partial charge on any atom is 0.273 e. The Morgan fingerprint density at radius 2 is 2.10 bits per heavy atom. The maximum absolute atomic E-state index is 12.5. The van der Waals surface area contributed by atoms with Crippen LogP contribution in [0.5, 0.6) is 0 Å². The zero-order valence-corrected chi connectivity index (χ0v) is 16.8. The molecule has 0 spiro atoms. The third-order valence-electron chi connectivity index (χ3n) is 4.93. The molecular weight excluding hydrogens is 412 g/mol. The lowest BCUT2D eigenvalue weighted by molar-refractivity contribution is -0.111. The van der Waals surface area contributed by atoms with E-state index >= 15 is 0 Å². The monoisotopic (exact) mass is 430 g/mol. The van der Waals surface area contributed by atoms with Gasteiger partial charge in [0.15, 0.2) is 11.5 Å². The molecule has 1 amide bonds. The Morgan fingerprint density at radius 3 is 2.80 bits per heavy atom. The summed E-state index contributed by atoms with van der Waals surface area (Å²) >= 11 is 5.44. The molecule has 2 N–H and O–H groups in total. The first-order valence-corrected chi connectivity index (χ1v) is 9.83. The summed E-state index contributed by atoms with van der Waals surface area (Å²) in [5.74, 6) is 0.792. The van der Waals surface area contributed by atoms with Crippen molar-refractivity contribution in [1.29, 1.82) is 0 Å². The molecule has 2 aromatic heterocycles. The Hall–Kier alpha value is -3.04. The van der Waals surface area contributed by atoms with E-state index in [0.717, 1.165) is 5.56 Å². The van der Waals surface area contributed by atoms with Crippen molar-refractivity contribution >= 4 is 22.8 Å². The van der Waals surface area contributed by atoms with Crippen LogP contribution in [0.2, 0.25) is 0 Å². The second-order valence-electron chi connectivity index (χ2n) is 7.30. The number of carbonyl (C=O) groups excluding carboxylic acids is 2. The third-order valence-corrected chi connectivity index (χ3v) is 5.07. The van der Waals surface area contributed by atoms with Crippen LogP contribution in [0.4, 0.5) is 0 Å². The summed E-state index contributed by atoms with van der Waals surface area (Å²) < 4.78 is 10.7. The molecule has 156 valence electrons. The van der Waals surface area contributed by atoms with Crippen LogP contribution >= 0.6 is 11.6 Å². The molecule has 1 aliphatic carbocycles. The van der Waals surface area contributed by atoms with Crippen LogP contribution in [0.15, 0.2) is 39.3 Å². The van der Waals surface area contributed by atoms with Crippen LogP contribution in [0.3, 0.4) is 0 Å². The zero-order chi connectivity index (χ0) is 21.3. The minimum Gasteiger partial charge on any atom is -0.422 e. The molecule has 0 bridgehead atoms. The predicted molar refractivity (Wildman–Crippen MR) is 105 cm³/mol. The number of hydrogen-bond acceptors (Lipinski definition) is 8. The van der Waals surface area contributed by atoms with E-state index in [1.165, 1.54) is 0 Å². The highest BCUT2D eigenvalue weighted by atomic mass is 35.5. The van der Waals surface area contributed by atoms with Gasteiger partial charge >= 0.3 is 0 Å². The molecule has 1 atom stereocenters. The fraction of sp³-hybridized carbons (Fsp3) is 0.350. The van der Waals surface area contributed by atoms with Gasteiger partial charge in [0.1, 0.15) is 6.10 Å². The second kappa shape index (κ2) is 8.37. The smallest absolute Gasteiger partial charge is 0.273 e. The van der Waals surface area contributed by atoms with Gasteiger partial charge in [0.2, 0.25) is 17.0 Å². The molecule has 4 rings (SSSR count). The van der Waals surface area contributed by atoms with Gasteiger partial charge in [0, 0.05) is 30.0 Å². The number of carbonyl (C=O) groups is 2. The fourth-order valence-corrected chi connectivity index (χ4v) is 3.44. The molecule has 2 heterocycles. The van der Waals surface area contributed by atoms with Crippen LogP contribution in [-0.2, 0) is 11.2 Å². The van der Waals surface area contributed by atoms with Gasteiger partial charge in [0.25, 0.3) is 5.91 Å². The topological polar surface area (TPSA) is 131 Å². The number of aliphatic hydroxyl groups excluding tert-OH is 1. The molecule has 0 radical (unpaired) electrons. The Labute approximate surface area is 176 Å². The Bertz CT molecular complexity index is 1070. The van der Waals surface area contributed by atoms with Crippen LogP contribution in [0.25, 0.3) is 11.3 Å². The van der Waals surface area contributed by atoms with Gasteiger partial charge in [-0.15, -0.1) is 10.2 Å². The SMILES string of the molecule is C[C@@H](O)c1nnc(C2CC(NC(=O)c3cc(-c4cccc(CC(=O)Cl)c4)on3)C2)o1. The van der Waals surface area contributed by atoms with E-state index < -0.39 is 11.3 Å². The van der Waals surface area contributed by atoms with Crippen molar-refractivity contribution in [3.63, 3.8) is 0 Å². The molecular formula is C20H19ClN4O5. The average molecular weight is 431 g/mol. The maximum atomic E-state index is 12.5. The van der Waals surface area contributed by atoms with E-state index in [9.17, 15) is 14.7 Å². The van der Waals surface area contributed by atoms with Crippen molar-refractivity contribution in [1.82, 2.24) is 20.7 Å². The lowest BCUT2D eigenvalue weighted by Crippen LogP contribution is -2.43. The molecule has 10 heteroatoms. The van der Waals surface area contributed by atoms with Crippen molar-refractivity contribution < 1.29 is 23.6 Å². The Kier molecular flexibility index (Phi) is 5.65. The first-order valence-electron chi connectivity index (χ1n) is 9.45. The molecule has 1 aliphatic rings. The fourth-order valence-electron chi connectivity index (χ4n) is 3.29. The first-order chi connectivity index (χ1) is 14.4. The molecule has 0 unspecified atom stereocenters. The van der Waals surface area contributed by atoms with Crippen LogP contribution in [-0.4, -0.2) is 37.7 Å². The number of nitrogens with one attached hydrogen (secondary N) is 1. The summed E-state index contributed by atoms with van der Waals surface area (Å²) in [7, 11) is 0. The Balaban J connectivity index is 1.34. The largest absolute Gasteiger partial charge is 0.422 e. The van der Waals surface area contributed by atoms with E-state index in [1.54, 1.807) is 37.3 Å². The highest BCUT2D eigenvalue weighted by molar-refractivity contribution is 6.63. The van der Waals surface area contributed by atoms with Crippen LogP contribution in [0, 0.1) is 0 Å². The zero-order valence-electron chi connectivity index (χ0n) is 16.0. The summed E-state index contributed by atoms with van der Waals surface area (Å²) in [6, 6.07) is 8.65. The van der Waals surface area contributed by atoms with Crippen molar-refractivity contribution in [3.8, 4) is 11.3 Å². The summed E-state index contributed by atoms with van der Waals surface area (Å²) in [4.78, 5) is 23.5. The number of rotatable bonds is 7. The molecule has 30 heavy (non-hydrogen) atoms. The molecule has 1 fully saturated rings. The molecule has 9 nitrogen and oxygen atoms in total. The van der Waals surface area contributed by atoms with Gasteiger partial charge in [-0.2, -0.15) is 0 Å². The summed E-state index contributed by atoms with van der Waals surface area (Å²) in [5.41, 5.74) is 1.61. The molecule has 1 saturated carbocycles. The highest BCUT2D eigenvalue weighted by Gasteiger charge is 2.36. The lowest BCUT2D eigenvalue weighted by Gasteiger charge is -2.33. The molecule has 1 aromatic carbocycles. The van der Waals surface area contributed by atoms with Crippen LogP contribution in [0.1, 0.15) is 59.6 Å². The Morgan fingerprint density at radius 1 is 1.30 bits per heavy atom. The lowest BCUT2D eigenvalue weighted by atomic mass is 9.80. The van der Waals surface area contributed by atoms with Gasteiger partial charge in [0.05, 0.1) is 0 Å². The summed E-state index contributed by atoms with van der Waals surface area (Å²) in [5, 5.41) is 23.5. The number of halogens is 1. The summed E-state index contributed by atoms with van der Waals surface area (Å²) in [6.45, 7) is 1.56. The third kappa shape index (κ3) is 4.42. The molecule has 0 saturated heterocycles. The van der Waals surface area contributed by atoms with E-state index in [2.05, 4.69) is 20.7 Å². The van der Waals surface area contributed by atoms with Gasteiger partial charge < -0.3 is 19.4 Å². The quantitative estimate of drug-likeness (QED) is 0.547. The van der Waals surface area contributed by atoms with Crippen LogP contribution < -0.4 is 5.32 Å². The number of aromatic nitrogens is 3. The number of aliphatic hydroxyl groups is 1. The summed E-state index contributed by atoms with van der Waals surface area (Å²) in [6.07, 6.45) is 0.622. The number of nitrogens with zero attached hydrogens (tertiary/aromatic N) is 3. The van der Waals surface area contributed by atoms with E-state index in [4.69, 9.17) is 20.5 Å². The van der Waals surface area contributed by atoms with Crippen molar-refractivity contribution in [2.75, 3.05) is 0 Å². The predicted octanol–water partition coefficient (Wildman–Crippen LogP) is 2.76. The standard InChI is InChI=1S/C20H19ClN4O5/c1-10(26)19-23-24-20(29-19)13-7-14(8-13)22-18(28)15-9-16(30-25-15)12-4-2-3-11(5-12)6-17(21)27/h2-5,9-10,13-14,26H,6-8H2,1H3,(H,22,28)/t10-,13?,14?/m1/s1. The van der Waals surface area contributed by atoms with Gasteiger partial charge in [-0.05, 0) is 43.0 Å². The highest BCUT2D eigenvalue weighted by Crippen LogP contribution is 2.36. The second-order valence-corrected chi connectivity index (χ2v) is 7.72. The van der Waals surface area contributed by atoms with Gasteiger partial charge in [-0.3, -0.25) is 9.59 Å². The number of benzene rings is 1. The normalized spacial score (nSPS) is 19.2. The first kappa shape index (κ1) is 20.2. The minimum absolute atomic E-state index is 0.0392.